The molecule has 0 unspecified atom stereocenters. The Labute approximate surface area is 180 Å². The maximum absolute atomic E-state index is 14.8. The van der Waals surface area contributed by atoms with Crippen LogP contribution in [0.5, 0.6) is 0 Å². The molecule has 0 saturated carbocycles. The molecular formula is C22H25FN4O4. The number of nitrogens with zero attached hydrogens (tertiary/aromatic N) is 3. The molecule has 1 heterocycles. The molecule has 8 nitrogen and oxygen atoms in total. The second-order valence-electron chi connectivity index (χ2n) is 7.63. The van der Waals surface area contributed by atoms with Crippen LogP contribution in [0, 0.1) is 17.1 Å². The molecule has 0 atom stereocenters. The Morgan fingerprint density at radius 3 is 2.58 bits per heavy atom. The molecular weight excluding hydrogens is 403 g/mol. The van der Waals surface area contributed by atoms with E-state index in [0.29, 0.717) is 12.1 Å². The Balaban J connectivity index is 2.48. The van der Waals surface area contributed by atoms with Crippen LogP contribution in [0.2, 0.25) is 0 Å². The third-order valence-corrected chi connectivity index (χ3v) is 3.94. The Hall–Kier alpha value is -3.67. The Bertz CT molecular complexity index is 1010. The predicted molar refractivity (Wildman–Crippen MR) is 114 cm³/mol. The number of hydrogen-bond donors (Lipinski definition) is 1. The number of amides is 1. The van der Waals surface area contributed by atoms with E-state index in [2.05, 4.69) is 10.3 Å². The molecule has 0 fully saturated rings. The second-order valence-corrected chi connectivity index (χ2v) is 7.63. The van der Waals surface area contributed by atoms with Gasteiger partial charge in [-0.1, -0.05) is 13.0 Å². The van der Waals surface area contributed by atoms with Crippen molar-refractivity contribution in [2.24, 2.45) is 0 Å². The first-order valence-electron chi connectivity index (χ1n) is 9.66. The van der Waals surface area contributed by atoms with Gasteiger partial charge in [0.2, 0.25) is 0 Å². The number of hydrogen-bond acceptors (Lipinski definition) is 7. The highest BCUT2D eigenvalue weighted by molar-refractivity contribution is 5.91. The second kappa shape index (κ2) is 9.89. The van der Waals surface area contributed by atoms with Crippen molar-refractivity contribution in [3.05, 3.63) is 47.3 Å². The molecule has 31 heavy (non-hydrogen) atoms. The van der Waals surface area contributed by atoms with Crippen LogP contribution in [-0.4, -0.2) is 36.3 Å². The van der Waals surface area contributed by atoms with Crippen molar-refractivity contribution in [2.45, 2.75) is 39.7 Å². The standard InChI is InChI=1S/C22H25FN4O4/c1-6-10-27(21(29)31-22(2,3)4)19-17(23)12-15(13-24)18(26-19)25-16-9-7-8-14(11-16)20(28)30-5/h7-9,11-12H,6,10H2,1-5H3,(H,25,26). The molecule has 0 spiro atoms. The lowest BCUT2D eigenvalue weighted by molar-refractivity contribution is 0.0574. The quantitative estimate of drug-likeness (QED) is 0.661. The zero-order valence-corrected chi connectivity index (χ0v) is 18.2. The number of nitrogens with one attached hydrogen (secondary N) is 1. The average Bonchev–Trinajstić information content (AvgIpc) is 2.71. The van der Waals surface area contributed by atoms with E-state index in [4.69, 9.17) is 9.47 Å². The highest BCUT2D eigenvalue weighted by atomic mass is 19.1. The summed E-state index contributed by atoms with van der Waals surface area (Å²) >= 11 is 0. The van der Waals surface area contributed by atoms with Gasteiger partial charge in [0.1, 0.15) is 11.7 Å². The zero-order valence-electron chi connectivity index (χ0n) is 18.2. The lowest BCUT2D eigenvalue weighted by Crippen LogP contribution is -2.38. The number of nitriles is 1. The van der Waals surface area contributed by atoms with Crippen LogP contribution in [-0.2, 0) is 9.47 Å². The molecule has 0 aliphatic rings. The fraction of sp³-hybridized carbons (Fsp3) is 0.364. The van der Waals surface area contributed by atoms with Crippen molar-refractivity contribution < 1.29 is 23.5 Å². The van der Waals surface area contributed by atoms with E-state index in [1.807, 2.05) is 13.0 Å². The molecule has 1 aromatic heterocycles. The minimum atomic E-state index is -0.829. The van der Waals surface area contributed by atoms with Gasteiger partial charge < -0.3 is 14.8 Å². The Kier molecular flexibility index (Phi) is 7.53. The molecule has 1 N–H and O–H groups in total. The number of pyridine rings is 1. The van der Waals surface area contributed by atoms with Crippen molar-refractivity contribution in [1.82, 2.24) is 4.98 Å². The molecule has 164 valence electrons. The minimum Gasteiger partial charge on any atom is -0.465 e. The number of esters is 1. The summed E-state index contributed by atoms with van der Waals surface area (Å²) in [5, 5.41) is 12.3. The first-order chi connectivity index (χ1) is 14.6. The van der Waals surface area contributed by atoms with Gasteiger partial charge in [-0.05, 0) is 51.5 Å². The zero-order chi connectivity index (χ0) is 23.2. The van der Waals surface area contributed by atoms with Crippen molar-refractivity contribution in [3.63, 3.8) is 0 Å². The highest BCUT2D eigenvalue weighted by Crippen LogP contribution is 2.27. The van der Waals surface area contributed by atoms with Gasteiger partial charge in [0.15, 0.2) is 17.5 Å². The summed E-state index contributed by atoms with van der Waals surface area (Å²) in [6.45, 7) is 7.12. The highest BCUT2D eigenvalue weighted by Gasteiger charge is 2.27. The van der Waals surface area contributed by atoms with Gasteiger partial charge in [-0.3, -0.25) is 4.90 Å². The van der Waals surface area contributed by atoms with Gasteiger partial charge >= 0.3 is 12.1 Å². The maximum atomic E-state index is 14.8. The molecule has 0 radical (unpaired) electrons. The SMILES string of the molecule is CCCN(C(=O)OC(C)(C)C)c1nc(Nc2cccc(C(=O)OC)c2)c(C#N)cc1F. The summed E-state index contributed by atoms with van der Waals surface area (Å²) in [5.41, 5.74) is -0.120. The fourth-order valence-corrected chi connectivity index (χ4v) is 2.65. The summed E-state index contributed by atoms with van der Waals surface area (Å²) in [6.07, 6.45) is -0.214. The number of carbonyl (C=O) groups is 2. The molecule has 0 saturated heterocycles. The van der Waals surface area contributed by atoms with E-state index in [1.54, 1.807) is 39.0 Å². The van der Waals surface area contributed by atoms with Crippen LogP contribution >= 0.6 is 0 Å². The van der Waals surface area contributed by atoms with Gasteiger partial charge in [0, 0.05) is 12.2 Å². The summed E-state index contributed by atoms with van der Waals surface area (Å²) in [7, 11) is 1.27. The third kappa shape index (κ3) is 6.15. The van der Waals surface area contributed by atoms with Crippen LogP contribution < -0.4 is 10.2 Å². The fourth-order valence-electron chi connectivity index (χ4n) is 2.65. The first-order valence-corrected chi connectivity index (χ1v) is 9.66. The number of rotatable bonds is 6. The number of aromatic nitrogens is 1. The lowest BCUT2D eigenvalue weighted by atomic mass is 10.2. The smallest absolute Gasteiger partial charge is 0.416 e. The van der Waals surface area contributed by atoms with Gasteiger partial charge in [0.25, 0.3) is 0 Å². The summed E-state index contributed by atoms with van der Waals surface area (Å²) in [4.78, 5) is 29.7. The number of anilines is 3. The van der Waals surface area contributed by atoms with E-state index < -0.39 is 23.5 Å². The molecule has 0 bridgehead atoms. The molecule has 9 heteroatoms. The summed E-state index contributed by atoms with van der Waals surface area (Å²) in [6, 6.07) is 9.23. The van der Waals surface area contributed by atoms with E-state index >= 15 is 0 Å². The van der Waals surface area contributed by atoms with Crippen molar-refractivity contribution in [3.8, 4) is 6.07 Å². The van der Waals surface area contributed by atoms with E-state index in [0.717, 1.165) is 11.0 Å². The molecule has 1 aromatic carbocycles. The monoisotopic (exact) mass is 428 g/mol. The van der Waals surface area contributed by atoms with Crippen LogP contribution in [0.3, 0.4) is 0 Å². The van der Waals surface area contributed by atoms with Gasteiger partial charge in [0.05, 0.1) is 18.2 Å². The van der Waals surface area contributed by atoms with E-state index in [-0.39, 0.29) is 29.3 Å². The molecule has 0 aliphatic heterocycles. The number of carbonyl (C=O) groups excluding carboxylic acids is 2. The average molecular weight is 428 g/mol. The number of methoxy groups -OCH3 is 1. The first kappa shape index (κ1) is 23.6. The van der Waals surface area contributed by atoms with E-state index in [1.165, 1.54) is 13.2 Å². The van der Waals surface area contributed by atoms with Gasteiger partial charge in [-0.2, -0.15) is 5.26 Å². The van der Waals surface area contributed by atoms with Crippen LogP contribution in [0.25, 0.3) is 0 Å². The van der Waals surface area contributed by atoms with Crippen LogP contribution in [0.15, 0.2) is 30.3 Å². The number of ether oxygens (including phenoxy) is 2. The van der Waals surface area contributed by atoms with Crippen molar-refractivity contribution in [1.29, 1.82) is 5.26 Å². The Morgan fingerprint density at radius 2 is 2.00 bits per heavy atom. The summed E-state index contributed by atoms with van der Waals surface area (Å²) in [5.74, 6) is -1.59. The number of halogens is 1. The summed E-state index contributed by atoms with van der Waals surface area (Å²) < 4.78 is 24.9. The normalized spacial score (nSPS) is 10.7. The predicted octanol–water partition coefficient (Wildman–Crippen LogP) is 4.77. The van der Waals surface area contributed by atoms with Gasteiger partial charge in [-0.15, -0.1) is 0 Å². The molecule has 1 amide bonds. The maximum Gasteiger partial charge on any atom is 0.416 e. The molecule has 2 rings (SSSR count). The largest absolute Gasteiger partial charge is 0.465 e. The van der Waals surface area contributed by atoms with Crippen LogP contribution in [0.4, 0.5) is 26.5 Å². The van der Waals surface area contributed by atoms with Crippen LogP contribution in [0.1, 0.15) is 50.0 Å². The topological polar surface area (TPSA) is 105 Å². The van der Waals surface area contributed by atoms with Gasteiger partial charge in [-0.25, -0.2) is 19.0 Å². The molecule has 0 aliphatic carbocycles. The van der Waals surface area contributed by atoms with Crippen molar-refractivity contribution >= 4 is 29.4 Å². The third-order valence-electron chi connectivity index (χ3n) is 3.94. The molecule has 2 aromatic rings. The lowest BCUT2D eigenvalue weighted by Gasteiger charge is -2.27. The number of benzene rings is 1. The Morgan fingerprint density at radius 1 is 1.29 bits per heavy atom. The minimum absolute atomic E-state index is 0.0329. The van der Waals surface area contributed by atoms with E-state index in [9.17, 15) is 19.2 Å². The van der Waals surface area contributed by atoms with Crippen molar-refractivity contribution in [2.75, 3.05) is 23.9 Å².